The van der Waals surface area contributed by atoms with Crippen LogP contribution in [0.1, 0.15) is 12.0 Å². The van der Waals surface area contributed by atoms with Gasteiger partial charge in [0.05, 0.1) is 19.2 Å². The van der Waals surface area contributed by atoms with Gasteiger partial charge in [-0.25, -0.2) is 0 Å². The van der Waals surface area contributed by atoms with E-state index >= 15 is 0 Å². The first-order valence-electron chi connectivity index (χ1n) is 7.55. The number of hydrogen-bond acceptors (Lipinski definition) is 4. The van der Waals surface area contributed by atoms with E-state index in [0.29, 0.717) is 22.2 Å². The Morgan fingerprint density at radius 1 is 1.00 bits per heavy atom. The number of carbonyl (C=O) groups excluding carboxylic acids is 2. The Morgan fingerprint density at radius 3 is 2.40 bits per heavy atom. The predicted octanol–water partition coefficient (Wildman–Crippen LogP) is 3.00. The highest BCUT2D eigenvalue weighted by atomic mass is 35.5. The number of rotatable bonds is 7. The molecule has 7 heteroatoms. The van der Waals surface area contributed by atoms with E-state index in [1.165, 1.54) is 7.11 Å². The molecule has 0 saturated heterocycles. The molecule has 0 bridgehead atoms. The highest BCUT2D eigenvalue weighted by Crippen LogP contribution is 2.27. The van der Waals surface area contributed by atoms with Gasteiger partial charge in [-0.05, 0) is 24.3 Å². The van der Waals surface area contributed by atoms with Gasteiger partial charge in [-0.2, -0.15) is 0 Å². The number of hydrogen-bond donors (Lipinski definition) is 2. The van der Waals surface area contributed by atoms with E-state index in [-0.39, 0.29) is 18.9 Å². The number of para-hydroxylation sites is 1. The number of methoxy groups -OCH3 is 2. The number of halogens is 1. The molecule has 0 heterocycles. The normalized spacial score (nSPS) is 10.0. The highest BCUT2D eigenvalue weighted by molar-refractivity contribution is 6.32. The van der Waals surface area contributed by atoms with Crippen LogP contribution in [0.5, 0.6) is 11.5 Å². The molecule has 0 aliphatic carbocycles. The first-order valence-corrected chi connectivity index (χ1v) is 7.93. The van der Waals surface area contributed by atoms with E-state index in [4.69, 9.17) is 21.1 Å². The van der Waals surface area contributed by atoms with Crippen LogP contribution in [0.4, 0.5) is 5.69 Å². The maximum atomic E-state index is 12.0. The predicted molar refractivity (Wildman–Crippen MR) is 96.1 cm³/mol. The molecule has 25 heavy (non-hydrogen) atoms. The Bertz CT molecular complexity index is 764. The molecule has 2 N–H and O–H groups in total. The van der Waals surface area contributed by atoms with Crippen molar-refractivity contribution < 1.29 is 19.1 Å². The van der Waals surface area contributed by atoms with Gasteiger partial charge in [0.15, 0.2) is 0 Å². The van der Waals surface area contributed by atoms with Crippen LogP contribution in [0.2, 0.25) is 5.02 Å². The molecule has 0 spiro atoms. The van der Waals surface area contributed by atoms with Crippen LogP contribution in [0, 0.1) is 0 Å². The fraction of sp³-hybridized carbons (Fsp3) is 0.222. The third-order valence-electron chi connectivity index (χ3n) is 3.43. The zero-order valence-electron chi connectivity index (χ0n) is 14.0. The zero-order chi connectivity index (χ0) is 18.2. The van der Waals surface area contributed by atoms with Crippen molar-refractivity contribution in [1.29, 1.82) is 0 Å². The lowest BCUT2D eigenvalue weighted by Crippen LogP contribution is -2.27. The van der Waals surface area contributed by atoms with Crippen LogP contribution < -0.4 is 20.1 Å². The molecule has 0 unspecified atom stereocenters. The van der Waals surface area contributed by atoms with Crippen LogP contribution in [0.25, 0.3) is 0 Å². The zero-order valence-corrected chi connectivity index (χ0v) is 14.7. The van der Waals surface area contributed by atoms with Crippen LogP contribution >= 0.6 is 11.6 Å². The number of carbonyl (C=O) groups is 2. The van der Waals surface area contributed by atoms with Gasteiger partial charge in [-0.3, -0.25) is 9.59 Å². The second-order valence-corrected chi connectivity index (χ2v) is 5.57. The van der Waals surface area contributed by atoms with Gasteiger partial charge in [0, 0.05) is 17.8 Å². The van der Waals surface area contributed by atoms with Gasteiger partial charge in [0.1, 0.15) is 17.9 Å². The molecule has 2 aromatic carbocycles. The summed E-state index contributed by atoms with van der Waals surface area (Å²) in [5, 5.41) is 5.69. The molecule has 2 amide bonds. The van der Waals surface area contributed by atoms with Crippen LogP contribution in [-0.2, 0) is 16.1 Å². The second kappa shape index (κ2) is 8.94. The molecule has 0 fully saturated rings. The van der Waals surface area contributed by atoms with Gasteiger partial charge in [-0.1, -0.05) is 29.8 Å². The van der Waals surface area contributed by atoms with Crippen LogP contribution in [-0.4, -0.2) is 26.0 Å². The van der Waals surface area contributed by atoms with Gasteiger partial charge < -0.3 is 20.1 Å². The van der Waals surface area contributed by atoms with Crippen LogP contribution in [0.15, 0.2) is 42.5 Å². The van der Waals surface area contributed by atoms with Gasteiger partial charge in [0.25, 0.3) is 0 Å². The Balaban J connectivity index is 1.86. The summed E-state index contributed by atoms with van der Waals surface area (Å²) in [7, 11) is 3.07. The molecule has 2 rings (SSSR count). The minimum atomic E-state index is -0.432. The molecule has 0 aliphatic rings. The van der Waals surface area contributed by atoms with Crippen molar-refractivity contribution in [2.45, 2.75) is 13.0 Å². The first kappa shape index (κ1) is 18.6. The lowest BCUT2D eigenvalue weighted by Gasteiger charge is -2.10. The molecule has 0 radical (unpaired) electrons. The summed E-state index contributed by atoms with van der Waals surface area (Å²) in [6.45, 7) is 0.282. The molecule has 132 valence electrons. The average Bonchev–Trinajstić information content (AvgIpc) is 2.60. The molecular formula is C18H19ClN2O4. The van der Waals surface area contributed by atoms with Gasteiger partial charge >= 0.3 is 0 Å². The third-order valence-corrected chi connectivity index (χ3v) is 3.72. The maximum absolute atomic E-state index is 12.0. The Hall–Kier alpha value is -2.73. The largest absolute Gasteiger partial charge is 0.496 e. The number of nitrogens with one attached hydrogen (secondary N) is 2. The lowest BCUT2D eigenvalue weighted by atomic mass is 10.2. The van der Waals surface area contributed by atoms with E-state index in [1.54, 1.807) is 25.3 Å². The standard InChI is InChI=1S/C18H19ClN2O4/c1-24-15-6-4-3-5-12(15)11-20-17(22)10-18(23)21-13-7-8-16(25-2)14(19)9-13/h3-9H,10-11H2,1-2H3,(H,20,22)(H,21,23). The number of amides is 2. The van der Waals surface area contributed by atoms with Gasteiger partial charge in [0.2, 0.25) is 11.8 Å². The Labute approximate surface area is 151 Å². The van der Waals surface area contributed by atoms with Crippen molar-refractivity contribution in [2.24, 2.45) is 0 Å². The molecule has 0 saturated carbocycles. The van der Waals surface area contributed by atoms with E-state index in [1.807, 2.05) is 24.3 Å². The maximum Gasteiger partial charge on any atom is 0.233 e. The monoisotopic (exact) mass is 362 g/mol. The smallest absolute Gasteiger partial charge is 0.233 e. The third kappa shape index (κ3) is 5.39. The van der Waals surface area contributed by atoms with Gasteiger partial charge in [-0.15, -0.1) is 0 Å². The topological polar surface area (TPSA) is 76.7 Å². The quantitative estimate of drug-likeness (QED) is 0.742. The average molecular weight is 363 g/mol. The fourth-order valence-corrected chi connectivity index (χ4v) is 2.46. The first-order chi connectivity index (χ1) is 12.0. The van der Waals surface area contributed by atoms with Crippen molar-refractivity contribution in [3.8, 4) is 11.5 Å². The minimum Gasteiger partial charge on any atom is -0.496 e. The summed E-state index contributed by atoms with van der Waals surface area (Å²) < 4.78 is 10.3. The van der Waals surface area contributed by atoms with Crippen molar-refractivity contribution in [2.75, 3.05) is 19.5 Å². The molecular weight excluding hydrogens is 344 g/mol. The number of anilines is 1. The Morgan fingerprint density at radius 2 is 1.72 bits per heavy atom. The minimum absolute atomic E-state index is 0.282. The summed E-state index contributed by atoms with van der Waals surface area (Å²) in [4.78, 5) is 23.9. The summed E-state index contributed by atoms with van der Waals surface area (Å²) in [6.07, 6.45) is -0.293. The van der Waals surface area contributed by atoms with Crippen molar-refractivity contribution in [3.05, 3.63) is 53.1 Å². The summed E-state index contributed by atoms with van der Waals surface area (Å²) >= 11 is 6.00. The SMILES string of the molecule is COc1ccc(NC(=O)CC(=O)NCc2ccccc2OC)cc1Cl. The summed E-state index contributed by atoms with van der Waals surface area (Å²) in [6, 6.07) is 12.2. The number of ether oxygens (including phenoxy) is 2. The van der Waals surface area contributed by atoms with Crippen molar-refractivity contribution in [1.82, 2.24) is 5.32 Å². The Kier molecular flexibility index (Phi) is 6.65. The second-order valence-electron chi connectivity index (χ2n) is 5.16. The molecule has 0 aliphatic heterocycles. The molecule has 0 aromatic heterocycles. The van der Waals surface area contributed by atoms with E-state index in [2.05, 4.69) is 10.6 Å². The molecule has 6 nitrogen and oxygen atoms in total. The lowest BCUT2D eigenvalue weighted by molar-refractivity contribution is -0.126. The number of benzene rings is 2. The van der Waals surface area contributed by atoms with E-state index in [0.717, 1.165) is 5.56 Å². The summed E-state index contributed by atoms with van der Waals surface area (Å²) in [5.74, 6) is 0.371. The van der Waals surface area contributed by atoms with Crippen LogP contribution in [0.3, 0.4) is 0 Å². The molecule has 2 aromatic rings. The molecule has 0 atom stereocenters. The fourth-order valence-electron chi connectivity index (χ4n) is 2.20. The van der Waals surface area contributed by atoms with E-state index in [9.17, 15) is 9.59 Å². The highest BCUT2D eigenvalue weighted by Gasteiger charge is 2.11. The summed E-state index contributed by atoms with van der Waals surface area (Å²) in [5.41, 5.74) is 1.33. The van der Waals surface area contributed by atoms with Crippen molar-refractivity contribution in [3.63, 3.8) is 0 Å². The van der Waals surface area contributed by atoms with Crippen molar-refractivity contribution >= 4 is 29.1 Å². The van der Waals surface area contributed by atoms with E-state index < -0.39 is 5.91 Å².